The van der Waals surface area contributed by atoms with Crippen molar-refractivity contribution in [3.8, 4) is 0 Å². The van der Waals surface area contributed by atoms with Gasteiger partial charge in [0.1, 0.15) is 13.7 Å². The van der Waals surface area contributed by atoms with Crippen molar-refractivity contribution in [3.63, 3.8) is 0 Å². The molecule has 2 radical (unpaired) electrons. The van der Waals surface area contributed by atoms with Crippen molar-refractivity contribution in [2.45, 2.75) is 6.17 Å². The predicted molar refractivity (Wildman–Crippen MR) is 65.4 cm³/mol. The summed E-state index contributed by atoms with van der Waals surface area (Å²) >= 11 is 0. The van der Waals surface area contributed by atoms with Gasteiger partial charge in [-0.25, -0.2) is 4.99 Å². The zero-order valence-electron chi connectivity index (χ0n) is 8.67. The van der Waals surface area contributed by atoms with E-state index in [2.05, 4.69) is 10.4 Å². The second-order valence-electron chi connectivity index (χ2n) is 3.76. The summed E-state index contributed by atoms with van der Waals surface area (Å²) in [6.07, 6.45) is 8.05. The Labute approximate surface area is 95.6 Å². The van der Waals surface area contributed by atoms with Crippen molar-refractivity contribution in [1.82, 2.24) is 10.4 Å². The Bertz CT molecular complexity index is 487. The second-order valence-corrected chi connectivity index (χ2v) is 3.76. The minimum Gasteiger partial charge on any atom is -0.280 e. The molecule has 1 atom stereocenters. The maximum atomic E-state index is 5.65. The average Bonchev–Trinajstić information content (AvgIpc) is 2.73. The normalized spacial score (nSPS) is 21.6. The molecule has 0 bridgehead atoms. The molecule has 3 nitrogen and oxygen atoms in total. The van der Waals surface area contributed by atoms with E-state index in [0.29, 0.717) is 0 Å². The fourth-order valence-electron chi connectivity index (χ4n) is 1.76. The van der Waals surface area contributed by atoms with E-state index in [1.165, 1.54) is 0 Å². The van der Waals surface area contributed by atoms with E-state index in [0.717, 1.165) is 16.9 Å². The third-order valence-electron chi connectivity index (χ3n) is 2.61. The molecule has 0 spiro atoms. The van der Waals surface area contributed by atoms with Gasteiger partial charge in [0.15, 0.2) is 6.17 Å². The lowest BCUT2D eigenvalue weighted by molar-refractivity contribution is 0.314. The van der Waals surface area contributed by atoms with E-state index in [-0.39, 0.29) is 6.17 Å². The molecule has 0 saturated heterocycles. The highest BCUT2D eigenvalue weighted by atomic mass is 15.6. The van der Waals surface area contributed by atoms with Gasteiger partial charge in [-0.3, -0.25) is 10.4 Å². The smallest absolute Gasteiger partial charge is 0.160 e. The van der Waals surface area contributed by atoms with Crippen molar-refractivity contribution >= 4 is 19.1 Å². The van der Waals surface area contributed by atoms with Gasteiger partial charge in [-0.05, 0) is 12.2 Å². The summed E-state index contributed by atoms with van der Waals surface area (Å²) < 4.78 is 0. The number of hydrogen-bond donors (Lipinski definition) is 1. The third kappa shape index (κ3) is 1.52. The van der Waals surface area contributed by atoms with Crippen LogP contribution in [0.3, 0.4) is 0 Å². The van der Waals surface area contributed by atoms with Crippen LogP contribution in [0.2, 0.25) is 0 Å². The first-order chi connectivity index (χ1) is 7.83. The highest BCUT2D eigenvalue weighted by Gasteiger charge is 2.22. The number of fused-ring (bicyclic) bond motifs is 1. The van der Waals surface area contributed by atoms with Crippen LogP contribution in [0.1, 0.15) is 5.56 Å². The fraction of sp³-hybridized carbons (Fsp3) is 0.0833. The SMILES string of the molecule is [B]c1ccc(C2=NC3C=CC=CN3N2)cc1. The van der Waals surface area contributed by atoms with Crippen molar-refractivity contribution < 1.29 is 0 Å². The molecule has 1 unspecified atom stereocenters. The van der Waals surface area contributed by atoms with Crippen LogP contribution in [0.5, 0.6) is 0 Å². The molecule has 0 saturated carbocycles. The molecule has 0 amide bonds. The Kier molecular flexibility index (Phi) is 2.06. The maximum absolute atomic E-state index is 5.65. The first-order valence-electron chi connectivity index (χ1n) is 5.17. The van der Waals surface area contributed by atoms with Gasteiger partial charge in [0, 0.05) is 11.8 Å². The van der Waals surface area contributed by atoms with Crippen LogP contribution in [0.15, 0.2) is 53.7 Å². The van der Waals surface area contributed by atoms with Crippen molar-refractivity contribution in [2.24, 2.45) is 4.99 Å². The number of amidine groups is 1. The fourth-order valence-corrected chi connectivity index (χ4v) is 1.76. The van der Waals surface area contributed by atoms with Crippen LogP contribution in [0, 0.1) is 0 Å². The maximum Gasteiger partial charge on any atom is 0.160 e. The average molecular weight is 207 g/mol. The topological polar surface area (TPSA) is 27.6 Å². The molecule has 2 heterocycles. The van der Waals surface area contributed by atoms with E-state index >= 15 is 0 Å². The number of allylic oxidation sites excluding steroid dienone is 2. The van der Waals surface area contributed by atoms with Gasteiger partial charge in [-0.2, -0.15) is 0 Å². The summed E-state index contributed by atoms with van der Waals surface area (Å²) in [7, 11) is 5.65. The van der Waals surface area contributed by atoms with E-state index in [1.807, 2.05) is 53.7 Å². The molecule has 1 aromatic carbocycles. The highest BCUT2D eigenvalue weighted by Crippen LogP contribution is 2.15. The Morgan fingerprint density at radius 1 is 1.19 bits per heavy atom. The van der Waals surface area contributed by atoms with Crippen molar-refractivity contribution in [2.75, 3.05) is 0 Å². The molecule has 0 fully saturated rings. The van der Waals surface area contributed by atoms with Gasteiger partial charge in [-0.1, -0.05) is 35.8 Å². The van der Waals surface area contributed by atoms with E-state index < -0.39 is 0 Å². The number of aliphatic imine (C=N–C) groups is 1. The molecule has 2 aliphatic rings. The standard InChI is InChI=1S/C12H10BN3/c13-10-6-4-9(5-7-10)12-14-11-3-1-2-8-16(11)15-12/h1-8,11H,(H,14,15). The summed E-state index contributed by atoms with van der Waals surface area (Å²) in [5, 5.41) is 1.96. The molecule has 4 heteroatoms. The molecule has 16 heavy (non-hydrogen) atoms. The summed E-state index contributed by atoms with van der Waals surface area (Å²) in [4.78, 5) is 4.56. The largest absolute Gasteiger partial charge is 0.280 e. The van der Waals surface area contributed by atoms with E-state index in [4.69, 9.17) is 7.85 Å². The van der Waals surface area contributed by atoms with Gasteiger partial charge in [0.25, 0.3) is 0 Å². The number of hydrazine groups is 1. The minimum absolute atomic E-state index is 0.0672. The monoisotopic (exact) mass is 207 g/mol. The Balaban J connectivity index is 1.90. The van der Waals surface area contributed by atoms with E-state index in [1.54, 1.807) is 0 Å². The number of nitrogens with one attached hydrogen (secondary N) is 1. The molecule has 3 rings (SSSR count). The summed E-state index contributed by atoms with van der Waals surface area (Å²) in [6, 6.07) is 7.69. The quantitative estimate of drug-likeness (QED) is 0.677. The lowest BCUT2D eigenvalue weighted by Gasteiger charge is -2.20. The molecule has 0 aromatic heterocycles. The highest BCUT2D eigenvalue weighted by molar-refractivity contribution is 6.32. The van der Waals surface area contributed by atoms with Crippen LogP contribution in [0.4, 0.5) is 0 Å². The molecule has 76 valence electrons. The van der Waals surface area contributed by atoms with Gasteiger partial charge in [0.05, 0.1) is 0 Å². The van der Waals surface area contributed by atoms with Crippen LogP contribution in [-0.2, 0) is 0 Å². The minimum atomic E-state index is 0.0672. The second kappa shape index (κ2) is 3.56. The number of nitrogens with zero attached hydrogens (tertiary/aromatic N) is 2. The first kappa shape index (κ1) is 9.27. The summed E-state index contributed by atoms with van der Waals surface area (Å²) in [5.74, 6) is 0.876. The van der Waals surface area contributed by atoms with Gasteiger partial charge in [0.2, 0.25) is 0 Å². The number of hydrogen-bond acceptors (Lipinski definition) is 3. The lowest BCUT2D eigenvalue weighted by atomic mass is 9.95. The summed E-state index contributed by atoms with van der Waals surface area (Å²) in [5.41, 5.74) is 5.04. The van der Waals surface area contributed by atoms with Gasteiger partial charge < -0.3 is 0 Å². The van der Waals surface area contributed by atoms with Crippen LogP contribution < -0.4 is 10.9 Å². The zero-order chi connectivity index (χ0) is 11.0. The molecule has 1 N–H and O–H groups in total. The Morgan fingerprint density at radius 2 is 2.00 bits per heavy atom. The summed E-state index contributed by atoms with van der Waals surface area (Å²) in [6.45, 7) is 0. The predicted octanol–water partition coefficient (Wildman–Crippen LogP) is 0.457. The Morgan fingerprint density at radius 3 is 2.75 bits per heavy atom. The number of rotatable bonds is 1. The van der Waals surface area contributed by atoms with Crippen molar-refractivity contribution in [1.29, 1.82) is 0 Å². The molecule has 2 aliphatic heterocycles. The van der Waals surface area contributed by atoms with Crippen LogP contribution >= 0.6 is 0 Å². The first-order valence-corrected chi connectivity index (χ1v) is 5.17. The third-order valence-corrected chi connectivity index (χ3v) is 2.61. The van der Waals surface area contributed by atoms with Crippen molar-refractivity contribution in [3.05, 3.63) is 54.3 Å². The van der Waals surface area contributed by atoms with Crippen LogP contribution in [0.25, 0.3) is 0 Å². The lowest BCUT2D eigenvalue weighted by Crippen LogP contribution is -2.36. The van der Waals surface area contributed by atoms with Crippen LogP contribution in [-0.4, -0.2) is 24.9 Å². The Hall–Kier alpha value is -1.97. The molecule has 1 aromatic rings. The van der Waals surface area contributed by atoms with Gasteiger partial charge in [-0.15, -0.1) is 0 Å². The molecule has 0 aliphatic carbocycles. The molecular weight excluding hydrogens is 197 g/mol. The molecular formula is C12H10BN3. The van der Waals surface area contributed by atoms with Gasteiger partial charge >= 0.3 is 0 Å². The number of benzene rings is 1. The van der Waals surface area contributed by atoms with E-state index in [9.17, 15) is 0 Å². The zero-order valence-corrected chi connectivity index (χ0v) is 8.67.